The summed E-state index contributed by atoms with van der Waals surface area (Å²) < 4.78 is 14.1. The lowest BCUT2D eigenvalue weighted by molar-refractivity contribution is 0.0695. The van der Waals surface area contributed by atoms with Crippen molar-refractivity contribution in [3.63, 3.8) is 0 Å². The number of rotatable bonds is 3. The molecule has 0 saturated heterocycles. The topological polar surface area (TPSA) is 50.2 Å². The number of hydrogen-bond acceptors (Lipinski definition) is 3. The fourth-order valence-corrected chi connectivity index (χ4v) is 3.38. The maximum atomic E-state index is 14.2. The molecule has 0 unspecified atom stereocenters. The van der Waals surface area contributed by atoms with Gasteiger partial charge in [-0.1, -0.05) is 11.8 Å². The summed E-state index contributed by atoms with van der Waals surface area (Å²) in [5.74, 6) is -1.76. The first-order chi connectivity index (χ1) is 9.38. The lowest BCUT2D eigenvalue weighted by Gasteiger charge is -2.07. The van der Waals surface area contributed by atoms with Crippen LogP contribution in [0.15, 0.2) is 38.7 Å². The maximum Gasteiger partial charge on any atom is 0.336 e. The van der Waals surface area contributed by atoms with Gasteiger partial charge in [0.25, 0.3) is 0 Å². The van der Waals surface area contributed by atoms with Crippen LogP contribution < -0.4 is 0 Å². The number of carbonyl (C=O) groups is 1. The van der Waals surface area contributed by atoms with E-state index < -0.39 is 11.8 Å². The van der Waals surface area contributed by atoms with Crippen LogP contribution in [0.4, 0.5) is 4.39 Å². The Morgan fingerprint density at radius 2 is 2.05 bits per heavy atom. The molecule has 0 saturated carbocycles. The summed E-state index contributed by atoms with van der Waals surface area (Å²) in [6.07, 6.45) is 0. The lowest BCUT2D eigenvalue weighted by Crippen LogP contribution is -2.00. The van der Waals surface area contributed by atoms with Gasteiger partial charge in [0.2, 0.25) is 0 Å². The summed E-state index contributed by atoms with van der Waals surface area (Å²) in [5.41, 5.74) is 1.80. The molecule has 0 aliphatic carbocycles. The van der Waals surface area contributed by atoms with E-state index in [0.29, 0.717) is 9.92 Å². The first kappa shape index (κ1) is 15.0. The van der Waals surface area contributed by atoms with Crippen LogP contribution in [-0.4, -0.2) is 16.1 Å². The highest BCUT2D eigenvalue weighted by Gasteiger charge is 2.16. The van der Waals surface area contributed by atoms with Gasteiger partial charge < -0.3 is 5.11 Å². The number of aryl methyl sites for hydroxylation is 2. The molecule has 1 heterocycles. The third-order valence-electron chi connectivity index (χ3n) is 2.57. The van der Waals surface area contributed by atoms with Gasteiger partial charge in [0.15, 0.2) is 5.82 Å². The predicted octanol–water partition coefficient (Wildman–Crippen LogP) is 4.45. The molecule has 3 nitrogen and oxygen atoms in total. The maximum absolute atomic E-state index is 14.2. The van der Waals surface area contributed by atoms with Gasteiger partial charge in [0.05, 0.1) is 14.9 Å². The number of aromatic carboxylic acids is 1. The third kappa shape index (κ3) is 3.19. The van der Waals surface area contributed by atoms with E-state index in [0.717, 1.165) is 11.3 Å². The van der Waals surface area contributed by atoms with Crippen LogP contribution in [0.1, 0.15) is 21.6 Å². The van der Waals surface area contributed by atoms with E-state index >= 15 is 0 Å². The molecule has 0 spiro atoms. The Morgan fingerprint density at radius 1 is 1.35 bits per heavy atom. The smallest absolute Gasteiger partial charge is 0.336 e. The van der Waals surface area contributed by atoms with Gasteiger partial charge in [-0.05, 0) is 59.6 Å². The molecule has 2 aromatic rings. The van der Waals surface area contributed by atoms with Gasteiger partial charge in [-0.2, -0.15) is 0 Å². The van der Waals surface area contributed by atoms with E-state index in [1.165, 1.54) is 23.9 Å². The molecule has 0 atom stereocenters. The van der Waals surface area contributed by atoms with E-state index in [-0.39, 0.29) is 10.0 Å². The Labute approximate surface area is 128 Å². The molecule has 20 heavy (non-hydrogen) atoms. The molecule has 1 N–H and O–H groups in total. The number of carboxylic acids is 1. The van der Waals surface area contributed by atoms with Crippen molar-refractivity contribution in [3.8, 4) is 0 Å². The van der Waals surface area contributed by atoms with Gasteiger partial charge in [0, 0.05) is 5.69 Å². The van der Waals surface area contributed by atoms with Gasteiger partial charge in [-0.25, -0.2) is 14.2 Å². The van der Waals surface area contributed by atoms with Crippen LogP contribution >= 0.6 is 27.7 Å². The minimum absolute atomic E-state index is 0.0422. The molecule has 1 aromatic heterocycles. The quantitative estimate of drug-likeness (QED) is 0.883. The molecule has 2 rings (SSSR count). The Kier molecular flexibility index (Phi) is 4.45. The molecular formula is C14H11BrFNO2S. The SMILES string of the molecule is Cc1cc(C)nc(Sc2ccc(C(=O)O)c(Br)c2F)c1. The molecule has 104 valence electrons. The second-order valence-electron chi connectivity index (χ2n) is 4.27. The predicted molar refractivity (Wildman–Crippen MR) is 78.9 cm³/mol. The number of carboxylic acid groups (broad SMARTS) is 1. The van der Waals surface area contributed by atoms with Crippen LogP contribution in [-0.2, 0) is 0 Å². The largest absolute Gasteiger partial charge is 0.478 e. The van der Waals surface area contributed by atoms with Crippen LogP contribution in [0.5, 0.6) is 0 Å². The zero-order valence-electron chi connectivity index (χ0n) is 10.8. The van der Waals surface area contributed by atoms with Crippen molar-refractivity contribution in [1.82, 2.24) is 4.98 Å². The molecule has 0 bridgehead atoms. The van der Waals surface area contributed by atoms with Gasteiger partial charge in [0.1, 0.15) is 5.03 Å². The molecule has 0 amide bonds. The van der Waals surface area contributed by atoms with Crippen molar-refractivity contribution in [2.24, 2.45) is 0 Å². The Bertz CT molecular complexity index is 671. The third-order valence-corrected chi connectivity index (χ3v) is 4.29. The normalized spacial score (nSPS) is 10.6. The second-order valence-corrected chi connectivity index (χ2v) is 6.13. The molecule has 6 heteroatoms. The minimum atomic E-state index is -1.17. The molecule has 1 aromatic carbocycles. The molecular weight excluding hydrogens is 345 g/mol. The first-order valence-electron chi connectivity index (χ1n) is 5.73. The summed E-state index contributed by atoms with van der Waals surface area (Å²) in [6, 6.07) is 6.62. The average molecular weight is 356 g/mol. The van der Waals surface area contributed by atoms with E-state index in [1.54, 1.807) is 0 Å². The van der Waals surface area contributed by atoms with Crippen LogP contribution in [0.25, 0.3) is 0 Å². The standard InChI is InChI=1S/C14H11BrFNO2S/c1-7-5-8(2)17-11(6-7)20-10-4-3-9(14(18)19)12(15)13(10)16/h3-6H,1-2H3,(H,18,19). The zero-order chi connectivity index (χ0) is 14.9. The minimum Gasteiger partial charge on any atom is -0.478 e. The van der Waals surface area contributed by atoms with Gasteiger partial charge in [-0.15, -0.1) is 0 Å². The number of benzene rings is 1. The van der Waals surface area contributed by atoms with Crippen LogP contribution in [0, 0.1) is 19.7 Å². The number of nitrogens with zero attached hydrogens (tertiary/aromatic N) is 1. The summed E-state index contributed by atoms with van der Waals surface area (Å²) >= 11 is 4.15. The van der Waals surface area contributed by atoms with Crippen molar-refractivity contribution in [1.29, 1.82) is 0 Å². The molecule has 0 fully saturated rings. The van der Waals surface area contributed by atoms with Crippen LogP contribution in [0.2, 0.25) is 0 Å². The molecule has 0 radical (unpaired) electrons. The van der Waals surface area contributed by atoms with Gasteiger partial charge in [-0.3, -0.25) is 0 Å². The summed E-state index contributed by atoms with van der Waals surface area (Å²) in [7, 11) is 0. The van der Waals surface area contributed by atoms with Crippen molar-refractivity contribution < 1.29 is 14.3 Å². The van der Waals surface area contributed by atoms with Crippen molar-refractivity contribution in [2.45, 2.75) is 23.8 Å². The Balaban J connectivity index is 2.39. The van der Waals surface area contributed by atoms with Crippen molar-refractivity contribution in [3.05, 3.63) is 51.4 Å². The van der Waals surface area contributed by atoms with Crippen molar-refractivity contribution in [2.75, 3.05) is 0 Å². The summed E-state index contributed by atoms with van der Waals surface area (Å²) in [6.45, 7) is 3.81. The Morgan fingerprint density at radius 3 is 2.65 bits per heavy atom. The fourth-order valence-electron chi connectivity index (χ4n) is 1.74. The van der Waals surface area contributed by atoms with E-state index in [2.05, 4.69) is 20.9 Å². The van der Waals surface area contributed by atoms with E-state index in [9.17, 15) is 9.18 Å². The summed E-state index contributed by atoms with van der Waals surface area (Å²) in [4.78, 5) is 15.6. The first-order valence-corrected chi connectivity index (χ1v) is 7.34. The van der Waals surface area contributed by atoms with E-state index in [1.807, 2.05) is 26.0 Å². The number of hydrogen-bond donors (Lipinski definition) is 1. The molecule has 0 aliphatic heterocycles. The monoisotopic (exact) mass is 355 g/mol. The summed E-state index contributed by atoms with van der Waals surface area (Å²) in [5, 5.41) is 9.60. The fraction of sp³-hybridized carbons (Fsp3) is 0.143. The highest BCUT2D eigenvalue weighted by molar-refractivity contribution is 9.10. The highest BCUT2D eigenvalue weighted by atomic mass is 79.9. The highest BCUT2D eigenvalue weighted by Crippen LogP contribution is 2.34. The van der Waals surface area contributed by atoms with Crippen LogP contribution in [0.3, 0.4) is 0 Å². The second kappa shape index (κ2) is 5.93. The zero-order valence-corrected chi connectivity index (χ0v) is 13.2. The average Bonchev–Trinajstić information content (AvgIpc) is 2.33. The van der Waals surface area contributed by atoms with Gasteiger partial charge >= 0.3 is 5.97 Å². The van der Waals surface area contributed by atoms with Crippen molar-refractivity contribution >= 4 is 33.7 Å². The lowest BCUT2D eigenvalue weighted by atomic mass is 10.2. The van der Waals surface area contributed by atoms with E-state index in [4.69, 9.17) is 5.11 Å². The molecule has 0 aliphatic rings. The number of halogens is 2. The number of aromatic nitrogens is 1. The number of pyridine rings is 1. The Hall–Kier alpha value is -1.40.